The average molecular weight is 650 g/mol. The van der Waals surface area contributed by atoms with Gasteiger partial charge >= 0.3 is 5.97 Å². The van der Waals surface area contributed by atoms with Gasteiger partial charge < -0.3 is 18.7 Å². The van der Waals surface area contributed by atoms with Gasteiger partial charge in [-0.15, -0.1) is 11.3 Å². The summed E-state index contributed by atoms with van der Waals surface area (Å²) in [6, 6.07) is 14.8. The van der Waals surface area contributed by atoms with Crippen molar-refractivity contribution in [3.8, 4) is 16.9 Å². The Morgan fingerprint density at radius 3 is 2.49 bits per heavy atom. The van der Waals surface area contributed by atoms with Crippen LogP contribution in [0.4, 0.5) is 5.82 Å². The molecule has 45 heavy (non-hydrogen) atoms. The molecule has 5 aromatic rings. The summed E-state index contributed by atoms with van der Waals surface area (Å²) < 4.78 is 51.9. The van der Waals surface area contributed by atoms with E-state index in [1.807, 2.05) is 50.2 Å². The number of thiophene rings is 1. The van der Waals surface area contributed by atoms with Gasteiger partial charge in [0, 0.05) is 28.5 Å². The third-order valence-electron chi connectivity index (χ3n) is 7.31. The van der Waals surface area contributed by atoms with Crippen molar-refractivity contribution in [3.63, 3.8) is 0 Å². The number of carbonyl (C=O) groups is 1. The molecule has 5 rings (SSSR count). The summed E-state index contributed by atoms with van der Waals surface area (Å²) in [5, 5.41) is 4.64. The van der Waals surface area contributed by atoms with Crippen LogP contribution in [-0.4, -0.2) is 38.2 Å². The highest BCUT2D eigenvalue weighted by Gasteiger charge is 2.26. The van der Waals surface area contributed by atoms with E-state index < -0.39 is 10.0 Å². The number of benzene rings is 2. The van der Waals surface area contributed by atoms with Crippen molar-refractivity contribution >= 4 is 44.1 Å². The van der Waals surface area contributed by atoms with Crippen LogP contribution in [0.15, 0.2) is 57.3 Å². The molecule has 0 bridgehead atoms. The first-order chi connectivity index (χ1) is 21.5. The fourth-order valence-electron chi connectivity index (χ4n) is 4.92. The molecule has 0 spiro atoms. The summed E-state index contributed by atoms with van der Waals surface area (Å²) in [7, 11) is -2.36. The van der Waals surface area contributed by atoms with Crippen LogP contribution in [0.25, 0.3) is 22.0 Å². The first-order valence-corrected chi connectivity index (χ1v) is 16.7. The zero-order chi connectivity index (χ0) is 32.3. The molecule has 0 unspecified atom stereocenters. The van der Waals surface area contributed by atoms with Crippen molar-refractivity contribution in [2.24, 2.45) is 0 Å². The molecule has 12 heteroatoms. The fourth-order valence-corrected chi connectivity index (χ4v) is 7.62. The Morgan fingerprint density at radius 1 is 1.00 bits per heavy atom. The van der Waals surface area contributed by atoms with Crippen molar-refractivity contribution < 1.29 is 31.9 Å². The van der Waals surface area contributed by atoms with E-state index in [4.69, 9.17) is 23.7 Å². The van der Waals surface area contributed by atoms with Crippen molar-refractivity contribution in [2.45, 2.75) is 58.5 Å². The first-order valence-electron chi connectivity index (χ1n) is 14.4. The molecule has 0 aliphatic rings. The average Bonchev–Trinajstić information content (AvgIpc) is 3.57. The first kappa shape index (κ1) is 32.1. The lowest BCUT2D eigenvalue weighted by Gasteiger charge is -2.15. The van der Waals surface area contributed by atoms with Crippen LogP contribution in [0.1, 0.15) is 57.2 Å². The van der Waals surface area contributed by atoms with E-state index in [1.165, 1.54) is 11.3 Å². The molecule has 0 radical (unpaired) electrons. The lowest BCUT2D eigenvalue weighted by Crippen LogP contribution is -2.13. The fraction of sp³-hybridized carbons (Fsp3) is 0.303. The summed E-state index contributed by atoms with van der Waals surface area (Å²) in [5.41, 5.74) is 5.65. The minimum Gasteiger partial charge on any atom is -0.487 e. The van der Waals surface area contributed by atoms with Gasteiger partial charge in [-0.05, 0) is 87.2 Å². The Morgan fingerprint density at radius 2 is 1.80 bits per heavy atom. The van der Waals surface area contributed by atoms with E-state index in [1.54, 1.807) is 40.0 Å². The Kier molecular flexibility index (Phi) is 9.56. The lowest BCUT2D eigenvalue weighted by atomic mass is 9.99. The molecule has 236 valence electrons. The zero-order valence-electron chi connectivity index (χ0n) is 26.0. The van der Waals surface area contributed by atoms with Crippen molar-refractivity contribution in [1.29, 1.82) is 0 Å². The van der Waals surface area contributed by atoms with E-state index >= 15 is 0 Å². The lowest BCUT2D eigenvalue weighted by molar-refractivity contribution is 0.0526. The van der Waals surface area contributed by atoms with Gasteiger partial charge in [0.1, 0.15) is 22.3 Å². The number of aromatic nitrogens is 2. The molecule has 0 saturated heterocycles. The maximum Gasteiger partial charge on any atom is 0.338 e. The second-order valence-corrected chi connectivity index (χ2v) is 13.6. The number of aryl methyl sites for hydroxylation is 3. The summed E-state index contributed by atoms with van der Waals surface area (Å²) in [4.78, 5) is 17.9. The number of ether oxygens (including phenoxy) is 3. The third kappa shape index (κ3) is 6.87. The minimum atomic E-state index is -3.96. The molecule has 10 nitrogen and oxygen atoms in total. The highest BCUT2D eigenvalue weighted by Crippen LogP contribution is 2.38. The molecule has 0 atom stereocenters. The maximum atomic E-state index is 13.5. The van der Waals surface area contributed by atoms with Crippen molar-refractivity contribution in [2.75, 3.05) is 18.4 Å². The zero-order valence-corrected chi connectivity index (χ0v) is 27.6. The van der Waals surface area contributed by atoms with Crippen molar-refractivity contribution in [1.82, 2.24) is 10.1 Å². The number of esters is 1. The smallest absolute Gasteiger partial charge is 0.338 e. The second-order valence-electron chi connectivity index (χ2n) is 10.5. The third-order valence-corrected chi connectivity index (χ3v) is 10.2. The number of fused-ring (bicyclic) bond motifs is 1. The summed E-state index contributed by atoms with van der Waals surface area (Å²) in [6.07, 6.45) is 0.662. The summed E-state index contributed by atoms with van der Waals surface area (Å²) >= 11 is 1.19. The number of rotatable bonds is 12. The van der Waals surface area contributed by atoms with Gasteiger partial charge in [0.05, 0.1) is 30.0 Å². The molecule has 0 saturated carbocycles. The van der Waals surface area contributed by atoms with E-state index in [2.05, 4.69) is 9.88 Å². The molecule has 0 fully saturated rings. The van der Waals surface area contributed by atoms with E-state index in [0.717, 1.165) is 38.2 Å². The maximum absolute atomic E-state index is 13.5. The van der Waals surface area contributed by atoms with Crippen LogP contribution in [0, 0.1) is 20.8 Å². The van der Waals surface area contributed by atoms with E-state index in [-0.39, 0.29) is 29.2 Å². The molecule has 1 N–H and O–H groups in total. The van der Waals surface area contributed by atoms with E-state index in [0.29, 0.717) is 41.2 Å². The number of anilines is 1. The quantitative estimate of drug-likeness (QED) is 0.140. The van der Waals surface area contributed by atoms with Gasteiger partial charge in [-0.3, -0.25) is 4.72 Å². The van der Waals surface area contributed by atoms with E-state index in [9.17, 15) is 13.2 Å². The number of hydrogen-bond acceptors (Lipinski definition) is 10. The largest absolute Gasteiger partial charge is 0.487 e. The van der Waals surface area contributed by atoms with Gasteiger partial charge in [-0.25, -0.2) is 18.2 Å². The second kappa shape index (κ2) is 13.4. The number of methoxy groups -OCH3 is 1. The van der Waals surface area contributed by atoms with Crippen LogP contribution in [0.3, 0.4) is 0 Å². The highest BCUT2D eigenvalue weighted by atomic mass is 32.2. The molecule has 0 aliphatic carbocycles. The van der Waals surface area contributed by atoms with Crippen LogP contribution in [0.2, 0.25) is 0 Å². The number of nitrogens with zero attached hydrogens (tertiary/aromatic N) is 2. The minimum absolute atomic E-state index is 0.167. The molecule has 3 heterocycles. The van der Waals surface area contributed by atoms with Crippen LogP contribution < -0.4 is 9.46 Å². The number of nitrogens with one attached hydrogen (secondary N) is 1. The van der Waals surface area contributed by atoms with Gasteiger partial charge in [0.25, 0.3) is 10.0 Å². The Hall–Kier alpha value is -4.26. The van der Waals surface area contributed by atoms with Crippen LogP contribution in [-0.2, 0) is 39.1 Å². The molecular weight excluding hydrogens is 615 g/mol. The van der Waals surface area contributed by atoms with Gasteiger partial charge in [-0.1, -0.05) is 24.2 Å². The Bertz CT molecular complexity index is 1980. The molecule has 0 aliphatic heterocycles. The number of carbonyl (C=O) groups excluding carboxylic acids is 1. The molecule has 0 amide bonds. The summed E-state index contributed by atoms with van der Waals surface area (Å²) in [6.45, 7) is 9.93. The highest BCUT2D eigenvalue weighted by molar-refractivity contribution is 7.94. The van der Waals surface area contributed by atoms with Crippen LogP contribution >= 0.6 is 11.3 Å². The number of hydrogen-bond donors (Lipinski definition) is 1. The standard InChI is InChI=1S/C33H35N3O7S2/c1-7-28-30(16-24-15-23(32(37)41-8-2)10-12-29(24)34-28)42-17-22-9-11-26(25(14-22)18-40-6)27-13-19(3)44-33(27)45(38,39)36-31-20(4)21(5)43-35-31/h9-16H,7-8,17-18H2,1-6H3,(H,35,36). The SMILES string of the molecule is CCOC(=O)c1ccc2nc(CC)c(OCc3ccc(-c4cc(C)sc4S(=O)(=O)Nc4noc(C)c4C)c(COC)c3)cc2c1. The normalized spacial score (nSPS) is 11.6. The number of pyridine rings is 1. The summed E-state index contributed by atoms with van der Waals surface area (Å²) in [5.74, 6) is 0.945. The van der Waals surface area contributed by atoms with Crippen molar-refractivity contribution in [3.05, 3.63) is 87.1 Å². The van der Waals surface area contributed by atoms with Crippen LogP contribution in [0.5, 0.6) is 5.75 Å². The monoisotopic (exact) mass is 649 g/mol. The Labute approximate surface area is 266 Å². The molecule has 3 aromatic heterocycles. The topological polar surface area (TPSA) is 130 Å². The Balaban J connectivity index is 1.44. The van der Waals surface area contributed by atoms with Gasteiger partial charge in [-0.2, -0.15) is 0 Å². The predicted octanol–water partition coefficient (Wildman–Crippen LogP) is 7.14. The predicted molar refractivity (Wildman–Crippen MR) is 173 cm³/mol. The number of sulfonamides is 1. The van der Waals surface area contributed by atoms with Gasteiger partial charge in [0.15, 0.2) is 5.82 Å². The molecular formula is C33H35N3O7S2. The molecule has 2 aromatic carbocycles. The van der Waals surface area contributed by atoms with Gasteiger partial charge in [0.2, 0.25) is 0 Å².